The molecule has 1 saturated carbocycles. The zero-order valence-electron chi connectivity index (χ0n) is 6.58. The summed E-state index contributed by atoms with van der Waals surface area (Å²) in [6.45, 7) is 0.548. The van der Waals surface area contributed by atoms with Gasteiger partial charge in [0.2, 0.25) is 10.0 Å². The van der Waals surface area contributed by atoms with E-state index in [1.807, 2.05) is 0 Å². The van der Waals surface area contributed by atoms with Crippen molar-refractivity contribution in [1.82, 2.24) is 4.72 Å². The van der Waals surface area contributed by atoms with Crippen LogP contribution >= 0.6 is 0 Å². The van der Waals surface area contributed by atoms with Gasteiger partial charge in [0.25, 0.3) is 0 Å². The predicted octanol–water partition coefficient (Wildman–Crippen LogP) is -0.727. The van der Waals surface area contributed by atoms with E-state index in [9.17, 15) is 8.42 Å². The number of hydrogen-bond acceptors (Lipinski definition) is 3. The van der Waals surface area contributed by atoms with Gasteiger partial charge in [-0.15, -0.1) is 0 Å². The van der Waals surface area contributed by atoms with Crippen molar-refractivity contribution in [3.05, 3.63) is 0 Å². The molecule has 0 radical (unpaired) electrons. The normalized spacial score (nSPS) is 31.5. The lowest BCUT2D eigenvalue weighted by atomic mass is 9.81. The van der Waals surface area contributed by atoms with Gasteiger partial charge in [0, 0.05) is 12.6 Å². The van der Waals surface area contributed by atoms with Crippen LogP contribution in [0.15, 0.2) is 0 Å². The predicted molar refractivity (Wildman–Crippen MR) is 43.5 cm³/mol. The highest BCUT2D eigenvalue weighted by Gasteiger charge is 2.25. The van der Waals surface area contributed by atoms with Crippen LogP contribution in [0.4, 0.5) is 0 Å². The molecule has 1 rings (SSSR count). The molecule has 0 aromatic heterocycles. The number of sulfonamides is 1. The third-order valence-electron chi connectivity index (χ3n) is 1.91. The standard InChI is InChI=1S/C6H14N2O2S/c1-11(9,10)8-4-5-2-6(7)3-5/h5-6,8H,2-4,7H2,1H3. The number of nitrogens with one attached hydrogen (secondary N) is 1. The van der Waals surface area contributed by atoms with Gasteiger partial charge in [0.1, 0.15) is 0 Å². The molecule has 0 heterocycles. The van der Waals surface area contributed by atoms with Gasteiger partial charge in [-0.2, -0.15) is 0 Å². The van der Waals surface area contributed by atoms with Crippen LogP contribution in [0, 0.1) is 5.92 Å². The minimum absolute atomic E-state index is 0.293. The van der Waals surface area contributed by atoms with Gasteiger partial charge in [0.05, 0.1) is 6.26 Å². The number of nitrogens with two attached hydrogens (primary N) is 1. The molecule has 3 N–H and O–H groups in total. The van der Waals surface area contributed by atoms with Crippen LogP contribution in [0.5, 0.6) is 0 Å². The zero-order valence-corrected chi connectivity index (χ0v) is 7.39. The van der Waals surface area contributed by atoms with Crippen molar-refractivity contribution in [1.29, 1.82) is 0 Å². The van der Waals surface area contributed by atoms with Crippen molar-refractivity contribution in [2.45, 2.75) is 18.9 Å². The van der Waals surface area contributed by atoms with Gasteiger partial charge in [-0.25, -0.2) is 13.1 Å². The molecular formula is C6H14N2O2S. The summed E-state index contributed by atoms with van der Waals surface area (Å²) < 4.78 is 23.7. The number of hydrogen-bond donors (Lipinski definition) is 2. The highest BCUT2D eigenvalue weighted by atomic mass is 32.2. The Balaban J connectivity index is 2.15. The topological polar surface area (TPSA) is 72.2 Å². The molecule has 0 spiro atoms. The van der Waals surface area contributed by atoms with Crippen LogP contribution in [0.2, 0.25) is 0 Å². The Kier molecular flexibility index (Phi) is 2.51. The first-order valence-electron chi connectivity index (χ1n) is 3.67. The molecule has 5 heteroatoms. The van der Waals surface area contributed by atoms with Gasteiger partial charge in [-0.3, -0.25) is 0 Å². The van der Waals surface area contributed by atoms with Crippen LogP contribution in [0.3, 0.4) is 0 Å². The van der Waals surface area contributed by atoms with Crippen molar-refractivity contribution in [2.24, 2.45) is 11.7 Å². The van der Waals surface area contributed by atoms with Gasteiger partial charge in [-0.1, -0.05) is 0 Å². The lowest BCUT2D eigenvalue weighted by Crippen LogP contribution is -2.42. The Morgan fingerprint density at radius 2 is 2.09 bits per heavy atom. The maximum absolute atomic E-state index is 10.6. The second kappa shape index (κ2) is 3.08. The molecule has 11 heavy (non-hydrogen) atoms. The van der Waals surface area contributed by atoms with Gasteiger partial charge in [-0.05, 0) is 18.8 Å². The van der Waals surface area contributed by atoms with E-state index in [2.05, 4.69) is 4.72 Å². The Morgan fingerprint density at radius 1 is 1.55 bits per heavy atom. The van der Waals surface area contributed by atoms with Crippen LogP contribution in [0.1, 0.15) is 12.8 Å². The second-order valence-electron chi connectivity index (χ2n) is 3.22. The molecule has 0 aromatic rings. The molecule has 0 unspecified atom stereocenters. The third kappa shape index (κ3) is 3.18. The van der Waals surface area contributed by atoms with E-state index >= 15 is 0 Å². The monoisotopic (exact) mass is 178 g/mol. The smallest absolute Gasteiger partial charge is 0.208 e. The molecule has 0 saturated heterocycles. The Morgan fingerprint density at radius 3 is 2.45 bits per heavy atom. The summed E-state index contributed by atoms with van der Waals surface area (Å²) in [7, 11) is -3.00. The maximum atomic E-state index is 10.6. The Labute approximate surface area is 67.2 Å². The fourth-order valence-electron chi connectivity index (χ4n) is 1.22. The molecule has 0 aromatic carbocycles. The van der Waals surface area contributed by atoms with Crippen molar-refractivity contribution < 1.29 is 8.42 Å². The average Bonchev–Trinajstić information content (AvgIpc) is 1.75. The van der Waals surface area contributed by atoms with E-state index in [1.54, 1.807) is 0 Å². The molecule has 0 aliphatic heterocycles. The summed E-state index contributed by atoms with van der Waals surface area (Å²) in [5.74, 6) is 0.458. The van der Waals surface area contributed by atoms with E-state index in [0.29, 0.717) is 18.5 Å². The summed E-state index contributed by atoms with van der Waals surface area (Å²) in [5, 5.41) is 0. The van der Waals surface area contributed by atoms with Crippen molar-refractivity contribution >= 4 is 10.0 Å². The fourth-order valence-corrected chi connectivity index (χ4v) is 1.76. The van der Waals surface area contributed by atoms with Gasteiger partial charge < -0.3 is 5.73 Å². The summed E-state index contributed by atoms with van der Waals surface area (Å²) in [6.07, 6.45) is 3.07. The van der Waals surface area contributed by atoms with Crippen molar-refractivity contribution in [3.63, 3.8) is 0 Å². The molecule has 0 bridgehead atoms. The van der Waals surface area contributed by atoms with E-state index < -0.39 is 10.0 Å². The van der Waals surface area contributed by atoms with E-state index in [-0.39, 0.29) is 0 Å². The fraction of sp³-hybridized carbons (Fsp3) is 1.00. The first-order valence-corrected chi connectivity index (χ1v) is 5.57. The Hall–Kier alpha value is -0.130. The highest BCUT2D eigenvalue weighted by molar-refractivity contribution is 7.88. The van der Waals surface area contributed by atoms with E-state index in [1.165, 1.54) is 6.26 Å². The van der Waals surface area contributed by atoms with Gasteiger partial charge in [0.15, 0.2) is 0 Å². The summed E-state index contributed by atoms with van der Waals surface area (Å²) in [4.78, 5) is 0. The molecule has 0 atom stereocenters. The first kappa shape index (κ1) is 8.96. The largest absolute Gasteiger partial charge is 0.328 e. The van der Waals surface area contributed by atoms with Crippen LogP contribution in [-0.2, 0) is 10.0 Å². The molecule has 4 nitrogen and oxygen atoms in total. The summed E-state index contributed by atoms with van der Waals surface area (Å²) in [5.41, 5.74) is 5.53. The molecule has 66 valence electrons. The van der Waals surface area contributed by atoms with Crippen LogP contribution in [-0.4, -0.2) is 27.3 Å². The lowest BCUT2D eigenvalue weighted by Gasteiger charge is -2.32. The Bertz CT molecular complexity index is 219. The minimum Gasteiger partial charge on any atom is -0.328 e. The van der Waals surface area contributed by atoms with E-state index in [0.717, 1.165) is 12.8 Å². The van der Waals surface area contributed by atoms with Gasteiger partial charge >= 0.3 is 0 Å². The first-order chi connectivity index (χ1) is 4.97. The average molecular weight is 178 g/mol. The maximum Gasteiger partial charge on any atom is 0.208 e. The SMILES string of the molecule is CS(=O)(=O)NCC1CC(N)C1. The molecule has 0 amide bonds. The summed E-state index contributed by atoms with van der Waals surface area (Å²) in [6, 6.07) is 0.293. The quantitative estimate of drug-likeness (QED) is 0.598. The van der Waals surface area contributed by atoms with Crippen molar-refractivity contribution in [2.75, 3.05) is 12.8 Å². The highest BCUT2D eigenvalue weighted by Crippen LogP contribution is 2.24. The molecule has 1 fully saturated rings. The molecule has 1 aliphatic carbocycles. The van der Waals surface area contributed by atoms with Crippen LogP contribution < -0.4 is 10.5 Å². The third-order valence-corrected chi connectivity index (χ3v) is 2.60. The minimum atomic E-state index is -3.00. The molecule has 1 aliphatic rings. The van der Waals surface area contributed by atoms with Crippen LogP contribution in [0.25, 0.3) is 0 Å². The number of rotatable bonds is 3. The van der Waals surface area contributed by atoms with E-state index in [4.69, 9.17) is 5.73 Å². The molecular weight excluding hydrogens is 164 g/mol. The zero-order chi connectivity index (χ0) is 8.48. The second-order valence-corrected chi connectivity index (χ2v) is 5.05. The van der Waals surface area contributed by atoms with Crippen molar-refractivity contribution in [3.8, 4) is 0 Å². The lowest BCUT2D eigenvalue weighted by molar-refractivity contribution is 0.267. The summed E-state index contributed by atoms with van der Waals surface area (Å²) >= 11 is 0.